The summed E-state index contributed by atoms with van der Waals surface area (Å²) in [7, 11) is 0. The highest BCUT2D eigenvalue weighted by Gasteiger charge is 1.97. The molecule has 2 heterocycles. The highest BCUT2D eigenvalue weighted by Crippen LogP contribution is 2.13. The van der Waals surface area contributed by atoms with Crippen molar-refractivity contribution in [2.45, 2.75) is 13.5 Å². The molecule has 0 aliphatic rings. The Balaban J connectivity index is 1.96. The van der Waals surface area contributed by atoms with Gasteiger partial charge in [0.15, 0.2) is 0 Å². The Labute approximate surface area is 99.5 Å². The first kappa shape index (κ1) is 11.0. The SMILES string of the molecule is CCNc1cccc(NCc2cccs2)n1. The van der Waals surface area contributed by atoms with Crippen molar-refractivity contribution in [3.05, 3.63) is 40.6 Å². The smallest absolute Gasteiger partial charge is 0.128 e. The van der Waals surface area contributed by atoms with E-state index < -0.39 is 0 Å². The fourth-order valence-corrected chi connectivity index (χ4v) is 2.05. The Hall–Kier alpha value is -1.55. The molecule has 0 fully saturated rings. The van der Waals surface area contributed by atoms with E-state index in [9.17, 15) is 0 Å². The van der Waals surface area contributed by atoms with Crippen molar-refractivity contribution in [2.75, 3.05) is 17.2 Å². The van der Waals surface area contributed by atoms with Crippen molar-refractivity contribution in [3.63, 3.8) is 0 Å². The monoisotopic (exact) mass is 233 g/mol. The molecule has 2 N–H and O–H groups in total. The summed E-state index contributed by atoms with van der Waals surface area (Å²) < 4.78 is 0. The molecule has 0 aliphatic carbocycles. The Morgan fingerprint density at radius 1 is 1.12 bits per heavy atom. The van der Waals surface area contributed by atoms with E-state index in [1.54, 1.807) is 11.3 Å². The third-order valence-corrected chi connectivity index (χ3v) is 3.01. The number of nitrogens with one attached hydrogen (secondary N) is 2. The lowest BCUT2D eigenvalue weighted by atomic mass is 10.4. The lowest BCUT2D eigenvalue weighted by molar-refractivity contribution is 1.11. The maximum Gasteiger partial charge on any atom is 0.128 e. The first-order valence-corrected chi connectivity index (χ1v) is 6.23. The van der Waals surface area contributed by atoms with Gasteiger partial charge in [0.1, 0.15) is 11.6 Å². The van der Waals surface area contributed by atoms with Crippen LogP contribution in [0.4, 0.5) is 11.6 Å². The van der Waals surface area contributed by atoms with Crippen molar-refractivity contribution >= 4 is 23.0 Å². The van der Waals surface area contributed by atoms with Gasteiger partial charge in [-0.3, -0.25) is 0 Å². The third kappa shape index (κ3) is 2.97. The molecule has 2 aromatic heterocycles. The van der Waals surface area contributed by atoms with Crippen LogP contribution in [-0.4, -0.2) is 11.5 Å². The zero-order chi connectivity index (χ0) is 11.2. The van der Waals surface area contributed by atoms with Gasteiger partial charge >= 0.3 is 0 Å². The standard InChI is InChI=1S/C12H15N3S/c1-2-13-11-6-3-7-12(15-11)14-9-10-5-4-8-16-10/h3-8H,2,9H2,1H3,(H2,13,14,15). The molecule has 4 heteroatoms. The second-order valence-electron chi connectivity index (χ2n) is 3.37. The molecule has 3 nitrogen and oxygen atoms in total. The summed E-state index contributed by atoms with van der Waals surface area (Å²) in [5.74, 6) is 1.82. The number of pyridine rings is 1. The average Bonchev–Trinajstić information content (AvgIpc) is 2.80. The zero-order valence-electron chi connectivity index (χ0n) is 9.23. The largest absolute Gasteiger partial charge is 0.370 e. The van der Waals surface area contributed by atoms with E-state index in [-0.39, 0.29) is 0 Å². The summed E-state index contributed by atoms with van der Waals surface area (Å²) >= 11 is 1.75. The highest BCUT2D eigenvalue weighted by atomic mass is 32.1. The minimum Gasteiger partial charge on any atom is -0.370 e. The van der Waals surface area contributed by atoms with Gasteiger partial charge in [-0.15, -0.1) is 11.3 Å². The Morgan fingerprint density at radius 3 is 2.62 bits per heavy atom. The molecule has 16 heavy (non-hydrogen) atoms. The second kappa shape index (κ2) is 5.51. The highest BCUT2D eigenvalue weighted by molar-refractivity contribution is 7.09. The Kier molecular flexibility index (Phi) is 3.77. The van der Waals surface area contributed by atoms with Gasteiger partial charge in [-0.2, -0.15) is 0 Å². The van der Waals surface area contributed by atoms with Crippen LogP contribution in [-0.2, 0) is 6.54 Å². The van der Waals surface area contributed by atoms with Crippen molar-refractivity contribution in [3.8, 4) is 0 Å². The summed E-state index contributed by atoms with van der Waals surface area (Å²) in [6.07, 6.45) is 0. The van der Waals surface area contributed by atoms with Crippen molar-refractivity contribution in [1.29, 1.82) is 0 Å². The van der Waals surface area contributed by atoms with E-state index >= 15 is 0 Å². The normalized spacial score (nSPS) is 10.1. The van der Waals surface area contributed by atoms with E-state index in [0.717, 1.165) is 24.7 Å². The van der Waals surface area contributed by atoms with E-state index in [0.29, 0.717) is 0 Å². The molecule has 0 atom stereocenters. The molecule has 0 saturated carbocycles. The molecular formula is C12H15N3S. The number of rotatable bonds is 5. The third-order valence-electron chi connectivity index (χ3n) is 2.13. The maximum atomic E-state index is 4.44. The number of hydrogen-bond acceptors (Lipinski definition) is 4. The molecule has 0 saturated heterocycles. The second-order valence-corrected chi connectivity index (χ2v) is 4.40. The summed E-state index contributed by atoms with van der Waals surface area (Å²) in [6.45, 7) is 3.79. The van der Waals surface area contributed by atoms with Gasteiger partial charge < -0.3 is 10.6 Å². The molecule has 0 spiro atoms. The van der Waals surface area contributed by atoms with E-state index in [4.69, 9.17) is 0 Å². The number of aromatic nitrogens is 1. The summed E-state index contributed by atoms with van der Waals surface area (Å²) in [5.41, 5.74) is 0. The topological polar surface area (TPSA) is 37.0 Å². The van der Waals surface area contributed by atoms with Crippen LogP contribution in [0.15, 0.2) is 35.7 Å². The van der Waals surface area contributed by atoms with E-state index in [1.165, 1.54) is 4.88 Å². The molecule has 2 aromatic rings. The van der Waals surface area contributed by atoms with E-state index in [1.807, 2.05) is 18.2 Å². The number of anilines is 2. The minimum absolute atomic E-state index is 0.834. The zero-order valence-corrected chi connectivity index (χ0v) is 10.1. The van der Waals surface area contributed by atoms with E-state index in [2.05, 4.69) is 40.1 Å². The Morgan fingerprint density at radius 2 is 1.94 bits per heavy atom. The lowest BCUT2D eigenvalue weighted by Gasteiger charge is -2.06. The number of thiophene rings is 1. The van der Waals surface area contributed by atoms with Gasteiger partial charge in [0, 0.05) is 11.4 Å². The molecule has 0 radical (unpaired) electrons. The number of nitrogens with zero attached hydrogens (tertiary/aromatic N) is 1. The van der Waals surface area contributed by atoms with Crippen LogP contribution in [0.5, 0.6) is 0 Å². The Bertz CT molecular complexity index is 426. The molecule has 2 rings (SSSR count). The van der Waals surface area contributed by atoms with Gasteiger partial charge in [-0.05, 0) is 30.5 Å². The fourth-order valence-electron chi connectivity index (χ4n) is 1.40. The first-order chi connectivity index (χ1) is 7.88. The summed E-state index contributed by atoms with van der Waals surface area (Å²) in [4.78, 5) is 5.76. The van der Waals surface area contributed by atoms with Gasteiger partial charge in [0.05, 0.1) is 6.54 Å². The quantitative estimate of drug-likeness (QED) is 0.832. The van der Waals surface area contributed by atoms with Crippen LogP contribution in [0.2, 0.25) is 0 Å². The maximum absolute atomic E-state index is 4.44. The van der Waals surface area contributed by atoms with Gasteiger partial charge in [-0.1, -0.05) is 12.1 Å². The van der Waals surface area contributed by atoms with Crippen LogP contribution >= 0.6 is 11.3 Å². The summed E-state index contributed by atoms with van der Waals surface area (Å²) in [5, 5.41) is 8.58. The molecule has 84 valence electrons. The predicted octanol–water partition coefficient (Wildman–Crippen LogP) is 3.19. The fraction of sp³-hybridized carbons (Fsp3) is 0.250. The molecular weight excluding hydrogens is 218 g/mol. The van der Waals surface area contributed by atoms with Crippen LogP contribution in [0.3, 0.4) is 0 Å². The molecule has 0 bridgehead atoms. The molecule has 0 amide bonds. The summed E-state index contributed by atoms with van der Waals surface area (Å²) in [6, 6.07) is 10.1. The average molecular weight is 233 g/mol. The van der Waals surface area contributed by atoms with Gasteiger partial charge in [0.25, 0.3) is 0 Å². The van der Waals surface area contributed by atoms with Gasteiger partial charge in [0.2, 0.25) is 0 Å². The molecule has 0 aromatic carbocycles. The van der Waals surface area contributed by atoms with Crippen LogP contribution < -0.4 is 10.6 Å². The van der Waals surface area contributed by atoms with Crippen LogP contribution in [0, 0.1) is 0 Å². The minimum atomic E-state index is 0.834. The molecule has 0 unspecified atom stereocenters. The lowest BCUT2D eigenvalue weighted by Crippen LogP contribution is -2.03. The van der Waals surface area contributed by atoms with Crippen molar-refractivity contribution in [2.24, 2.45) is 0 Å². The van der Waals surface area contributed by atoms with Crippen molar-refractivity contribution < 1.29 is 0 Å². The van der Waals surface area contributed by atoms with Crippen LogP contribution in [0.25, 0.3) is 0 Å². The molecule has 0 aliphatic heterocycles. The van der Waals surface area contributed by atoms with Gasteiger partial charge in [-0.25, -0.2) is 4.98 Å². The van der Waals surface area contributed by atoms with Crippen LogP contribution in [0.1, 0.15) is 11.8 Å². The number of hydrogen-bond donors (Lipinski definition) is 2. The van der Waals surface area contributed by atoms with Crippen molar-refractivity contribution in [1.82, 2.24) is 4.98 Å². The predicted molar refractivity (Wildman–Crippen MR) is 70.0 cm³/mol. The first-order valence-electron chi connectivity index (χ1n) is 5.35.